The van der Waals surface area contributed by atoms with Crippen LogP contribution < -0.4 is 27.2 Å². The van der Waals surface area contributed by atoms with Gasteiger partial charge in [0.25, 0.3) is 5.56 Å². The van der Waals surface area contributed by atoms with E-state index in [9.17, 15) is 19.2 Å². The second kappa shape index (κ2) is 10.2. The number of carbonyl (C=O) groups excluding carboxylic acids is 2. The number of nitrogen functional groups attached to an aromatic ring is 1. The molecule has 0 atom stereocenters. The molecule has 1 heterocycles. The van der Waals surface area contributed by atoms with E-state index in [0.717, 1.165) is 0 Å². The van der Waals surface area contributed by atoms with Crippen molar-refractivity contribution < 1.29 is 14.3 Å². The lowest BCUT2D eigenvalue weighted by atomic mass is 9.96. The van der Waals surface area contributed by atoms with Crippen LogP contribution in [0.1, 0.15) is 41.0 Å². The lowest BCUT2D eigenvalue weighted by molar-refractivity contribution is -0.128. The van der Waals surface area contributed by atoms with Crippen molar-refractivity contribution in [2.75, 3.05) is 37.4 Å². The maximum atomic E-state index is 12.8. The third kappa shape index (κ3) is 6.74. The predicted octanol–water partition coefficient (Wildman–Crippen LogP) is 0.307. The molecule has 29 heavy (non-hydrogen) atoms. The van der Waals surface area contributed by atoms with Crippen LogP contribution in [0.15, 0.2) is 9.59 Å². The van der Waals surface area contributed by atoms with E-state index in [1.54, 1.807) is 20.8 Å². The van der Waals surface area contributed by atoms with Crippen LogP contribution in [0.25, 0.3) is 0 Å². The Kier molecular flexibility index (Phi) is 8.62. The second-order valence-electron chi connectivity index (χ2n) is 8.29. The first-order chi connectivity index (χ1) is 13.4. The zero-order chi connectivity index (χ0) is 22.4. The van der Waals surface area contributed by atoms with Gasteiger partial charge in [-0.25, -0.2) is 4.79 Å². The van der Waals surface area contributed by atoms with E-state index in [4.69, 9.17) is 10.5 Å². The fourth-order valence-electron chi connectivity index (χ4n) is 2.61. The number of aromatic amines is 1. The first kappa shape index (κ1) is 24.4. The first-order valence-corrected chi connectivity index (χ1v) is 9.60. The van der Waals surface area contributed by atoms with Gasteiger partial charge in [0.1, 0.15) is 5.82 Å². The lowest BCUT2D eigenvalue weighted by Gasteiger charge is -2.25. The molecule has 0 saturated carbocycles. The van der Waals surface area contributed by atoms with Crippen LogP contribution >= 0.6 is 0 Å². The number of rotatable bonds is 9. The molecule has 1 aromatic rings. The van der Waals surface area contributed by atoms with Crippen molar-refractivity contribution >= 4 is 23.3 Å². The van der Waals surface area contributed by atoms with Crippen molar-refractivity contribution in [3.63, 3.8) is 0 Å². The monoisotopic (exact) mass is 411 g/mol. The Hall–Kier alpha value is -2.62. The molecule has 0 aliphatic carbocycles. The number of amides is 2. The molecule has 1 rings (SSSR count). The van der Waals surface area contributed by atoms with E-state index in [1.807, 2.05) is 13.8 Å². The van der Waals surface area contributed by atoms with Crippen molar-refractivity contribution in [3.05, 3.63) is 20.8 Å². The SMILES string of the molecule is COCCN(C(=O)CCNC(=O)C(C)(C)C)c1c(N)n(CC(C)C)c(=O)[nH]c1=O. The smallest absolute Gasteiger partial charge is 0.330 e. The van der Waals surface area contributed by atoms with Crippen molar-refractivity contribution in [1.82, 2.24) is 14.9 Å². The van der Waals surface area contributed by atoms with Crippen LogP contribution in [0.4, 0.5) is 11.5 Å². The molecule has 0 aliphatic heterocycles. The van der Waals surface area contributed by atoms with Crippen LogP contribution in [-0.2, 0) is 20.9 Å². The number of anilines is 2. The predicted molar refractivity (Wildman–Crippen MR) is 112 cm³/mol. The number of H-pyrrole nitrogens is 1. The Morgan fingerprint density at radius 2 is 1.90 bits per heavy atom. The number of aromatic nitrogens is 2. The fraction of sp³-hybridized carbons (Fsp3) is 0.684. The summed E-state index contributed by atoms with van der Waals surface area (Å²) in [5, 5.41) is 2.70. The molecule has 2 amide bonds. The van der Waals surface area contributed by atoms with E-state index in [-0.39, 0.29) is 49.4 Å². The second-order valence-corrected chi connectivity index (χ2v) is 8.29. The normalized spacial score (nSPS) is 11.6. The molecule has 0 fully saturated rings. The molecule has 0 bridgehead atoms. The number of nitrogens with zero attached hydrogens (tertiary/aromatic N) is 2. The maximum Gasteiger partial charge on any atom is 0.330 e. The van der Waals surface area contributed by atoms with Gasteiger partial charge in [-0.05, 0) is 5.92 Å². The summed E-state index contributed by atoms with van der Waals surface area (Å²) in [5.41, 5.74) is 4.09. The lowest BCUT2D eigenvalue weighted by Crippen LogP contribution is -2.44. The molecule has 0 radical (unpaired) electrons. The summed E-state index contributed by atoms with van der Waals surface area (Å²) < 4.78 is 6.29. The standard InChI is InChI=1S/C19H33N5O5/c1-12(2)11-24-15(20)14(16(26)22-18(24)28)23(9-10-29-6)13(25)7-8-21-17(27)19(3,4)5/h12H,7-11,20H2,1-6H3,(H,21,27)(H,22,26,28). The number of nitrogens with two attached hydrogens (primary N) is 1. The third-order valence-electron chi connectivity index (χ3n) is 4.16. The topological polar surface area (TPSA) is 140 Å². The number of carbonyl (C=O) groups is 2. The molecular formula is C19H33N5O5. The Balaban J connectivity index is 3.18. The highest BCUT2D eigenvalue weighted by atomic mass is 16.5. The summed E-state index contributed by atoms with van der Waals surface area (Å²) in [7, 11) is 1.47. The minimum absolute atomic E-state index is 0.0340. The molecule has 0 aliphatic rings. The summed E-state index contributed by atoms with van der Waals surface area (Å²) in [4.78, 5) is 52.9. The van der Waals surface area contributed by atoms with E-state index in [0.29, 0.717) is 6.54 Å². The summed E-state index contributed by atoms with van der Waals surface area (Å²) in [6, 6.07) is 0. The van der Waals surface area contributed by atoms with Crippen molar-refractivity contribution in [2.45, 2.75) is 47.6 Å². The Labute approximate surface area is 170 Å². The quantitative estimate of drug-likeness (QED) is 0.534. The Morgan fingerprint density at radius 1 is 1.28 bits per heavy atom. The molecule has 0 saturated heterocycles. The number of ether oxygens (including phenoxy) is 1. The Morgan fingerprint density at radius 3 is 2.41 bits per heavy atom. The van der Waals surface area contributed by atoms with Gasteiger partial charge in [-0.2, -0.15) is 0 Å². The largest absolute Gasteiger partial charge is 0.383 e. The van der Waals surface area contributed by atoms with Crippen LogP contribution in [0.5, 0.6) is 0 Å². The highest BCUT2D eigenvalue weighted by molar-refractivity contribution is 5.96. The van der Waals surface area contributed by atoms with Gasteiger partial charge in [0, 0.05) is 38.6 Å². The average molecular weight is 412 g/mol. The van der Waals surface area contributed by atoms with Crippen molar-refractivity contribution in [2.24, 2.45) is 11.3 Å². The highest BCUT2D eigenvalue weighted by Crippen LogP contribution is 2.18. The molecule has 1 aromatic heterocycles. The minimum atomic E-state index is -0.740. The molecule has 10 nitrogen and oxygen atoms in total. The van der Waals surface area contributed by atoms with Gasteiger partial charge < -0.3 is 20.7 Å². The minimum Gasteiger partial charge on any atom is -0.383 e. The summed E-state index contributed by atoms with van der Waals surface area (Å²) in [6.45, 7) is 9.78. The summed E-state index contributed by atoms with van der Waals surface area (Å²) >= 11 is 0. The van der Waals surface area contributed by atoms with Gasteiger partial charge in [-0.3, -0.25) is 23.9 Å². The fourth-order valence-corrected chi connectivity index (χ4v) is 2.61. The third-order valence-corrected chi connectivity index (χ3v) is 4.16. The molecule has 0 spiro atoms. The summed E-state index contributed by atoms with van der Waals surface area (Å²) in [5.74, 6) is -0.570. The maximum absolute atomic E-state index is 12.8. The van der Waals surface area contributed by atoms with Gasteiger partial charge in [-0.1, -0.05) is 34.6 Å². The van der Waals surface area contributed by atoms with Crippen molar-refractivity contribution in [3.8, 4) is 0 Å². The molecular weight excluding hydrogens is 378 g/mol. The van der Waals surface area contributed by atoms with Crippen LogP contribution in [-0.4, -0.2) is 48.2 Å². The van der Waals surface area contributed by atoms with Gasteiger partial charge in [0.05, 0.1) is 6.61 Å². The van der Waals surface area contributed by atoms with E-state index in [2.05, 4.69) is 10.3 Å². The number of hydrogen-bond acceptors (Lipinski definition) is 6. The van der Waals surface area contributed by atoms with E-state index >= 15 is 0 Å². The zero-order valence-corrected chi connectivity index (χ0v) is 18.1. The molecule has 10 heteroatoms. The molecule has 0 unspecified atom stereocenters. The van der Waals surface area contributed by atoms with Crippen LogP contribution in [0, 0.1) is 11.3 Å². The van der Waals surface area contributed by atoms with Gasteiger partial charge in [0.15, 0.2) is 5.69 Å². The summed E-state index contributed by atoms with van der Waals surface area (Å²) in [6.07, 6.45) is -0.0340. The molecule has 0 aromatic carbocycles. The molecule has 164 valence electrons. The Bertz CT molecular complexity index is 835. The number of methoxy groups -OCH3 is 1. The van der Waals surface area contributed by atoms with Crippen molar-refractivity contribution in [1.29, 1.82) is 0 Å². The number of hydrogen-bond donors (Lipinski definition) is 3. The molecule has 4 N–H and O–H groups in total. The highest BCUT2D eigenvalue weighted by Gasteiger charge is 2.25. The zero-order valence-electron chi connectivity index (χ0n) is 18.1. The van der Waals surface area contributed by atoms with E-state index in [1.165, 1.54) is 16.6 Å². The first-order valence-electron chi connectivity index (χ1n) is 9.60. The van der Waals surface area contributed by atoms with Crippen LogP contribution in [0.3, 0.4) is 0 Å². The number of nitrogens with one attached hydrogen (secondary N) is 2. The van der Waals surface area contributed by atoms with Gasteiger partial charge >= 0.3 is 5.69 Å². The van der Waals surface area contributed by atoms with Crippen LogP contribution in [0.2, 0.25) is 0 Å². The average Bonchev–Trinajstić information content (AvgIpc) is 2.59. The van der Waals surface area contributed by atoms with E-state index < -0.39 is 22.6 Å². The van der Waals surface area contributed by atoms with Gasteiger partial charge in [0.2, 0.25) is 11.8 Å². The van der Waals surface area contributed by atoms with Gasteiger partial charge in [-0.15, -0.1) is 0 Å².